The number of carbonyl (C=O) groups excluding carboxylic acids is 3. The van der Waals surface area contributed by atoms with Crippen LogP contribution in [-0.2, 0) is 23.9 Å². The second-order valence-corrected chi connectivity index (χ2v) is 6.44. The van der Waals surface area contributed by atoms with E-state index in [-0.39, 0.29) is 17.5 Å². The summed E-state index contributed by atoms with van der Waals surface area (Å²) in [7, 11) is 1.38. The number of hydrogen-bond acceptors (Lipinski definition) is 5. The maximum Gasteiger partial charge on any atom is 0.305 e. The summed E-state index contributed by atoms with van der Waals surface area (Å²) in [5, 5.41) is 0. The molecule has 1 aliphatic rings. The van der Waals surface area contributed by atoms with E-state index in [1.54, 1.807) is 6.92 Å². The molecule has 1 rings (SSSR count). The van der Waals surface area contributed by atoms with Gasteiger partial charge in [-0.1, -0.05) is 34.1 Å². The molecule has 5 nitrogen and oxygen atoms in total. The summed E-state index contributed by atoms with van der Waals surface area (Å²) in [5.41, 5.74) is -0.328. The number of methoxy groups -OCH3 is 1. The lowest BCUT2D eigenvalue weighted by atomic mass is 10.2. The Morgan fingerprint density at radius 1 is 0.958 bits per heavy atom. The first-order valence-corrected chi connectivity index (χ1v) is 8.77. The second-order valence-electron chi connectivity index (χ2n) is 6.44. The lowest BCUT2D eigenvalue weighted by Crippen LogP contribution is -2.21. The Balaban J connectivity index is -0.000000257. The van der Waals surface area contributed by atoms with Crippen LogP contribution in [-0.4, -0.2) is 30.4 Å². The molecule has 0 radical (unpaired) electrons. The third kappa shape index (κ3) is 28.7. The van der Waals surface area contributed by atoms with E-state index < -0.39 is 0 Å². The smallest absolute Gasteiger partial charge is 0.305 e. The van der Waals surface area contributed by atoms with Crippen LogP contribution < -0.4 is 0 Å². The number of Topliss-reactive ketones (excluding diaryl/α,β-unsaturated/α-hetero) is 1. The highest BCUT2D eigenvalue weighted by atomic mass is 16.6. The molecule has 0 heterocycles. The first-order chi connectivity index (χ1) is 11.0. The van der Waals surface area contributed by atoms with Gasteiger partial charge in [0.1, 0.15) is 11.4 Å². The summed E-state index contributed by atoms with van der Waals surface area (Å²) in [4.78, 5) is 30.8. The van der Waals surface area contributed by atoms with Crippen molar-refractivity contribution in [1.82, 2.24) is 0 Å². The highest BCUT2D eigenvalue weighted by molar-refractivity contribution is 5.82. The highest BCUT2D eigenvalue weighted by Crippen LogP contribution is 2.30. The van der Waals surface area contributed by atoms with Crippen LogP contribution in [0.3, 0.4) is 0 Å². The van der Waals surface area contributed by atoms with Gasteiger partial charge < -0.3 is 9.47 Å². The van der Waals surface area contributed by atoms with E-state index in [0.717, 1.165) is 19.3 Å². The predicted molar refractivity (Wildman–Crippen MR) is 97.8 cm³/mol. The zero-order valence-corrected chi connectivity index (χ0v) is 17.2. The molecule has 0 aromatic rings. The average Bonchev–Trinajstić information content (AvgIpc) is 3.29. The van der Waals surface area contributed by atoms with Crippen LogP contribution in [0.5, 0.6) is 0 Å². The lowest BCUT2D eigenvalue weighted by Gasteiger charge is -2.17. The first kappa shape index (κ1) is 27.5. The molecule has 0 amide bonds. The molecule has 0 saturated heterocycles. The van der Waals surface area contributed by atoms with Crippen molar-refractivity contribution < 1.29 is 23.9 Å². The molecule has 144 valence electrons. The standard InChI is InChI=1S/C6H12O2.C6H10O.C4H8O2.C3H8/c1-5(7)8-6(2,3)4;1-2-6(7)5-3-4-5;1-3-4(5)6-2;1-3-2/h1-4H3;5H,2-4H2,1H3;3H2,1-2H3;3H2,1-2H3. The molecule has 0 aromatic heterocycles. The predicted octanol–water partition coefficient (Wildman–Crippen LogP) is 4.71. The molecule has 1 saturated carbocycles. The van der Waals surface area contributed by atoms with Crippen LogP contribution >= 0.6 is 0 Å². The van der Waals surface area contributed by atoms with Crippen LogP contribution in [0.15, 0.2) is 0 Å². The van der Waals surface area contributed by atoms with Crippen LogP contribution in [0.25, 0.3) is 0 Å². The zero-order valence-electron chi connectivity index (χ0n) is 17.2. The van der Waals surface area contributed by atoms with Crippen molar-refractivity contribution in [3.63, 3.8) is 0 Å². The molecule has 0 N–H and O–H groups in total. The Morgan fingerprint density at radius 2 is 1.38 bits per heavy atom. The van der Waals surface area contributed by atoms with Crippen LogP contribution in [0, 0.1) is 5.92 Å². The highest BCUT2D eigenvalue weighted by Gasteiger charge is 2.27. The average molecular weight is 347 g/mol. The maximum atomic E-state index is 10.6. The number of esters is 2. The van der Waals surface area contributed by atoms with Gasteiger partial charge in [0.15, 0.2) is 0 Å². The van der Waals surface area contributed by atoms with Gasteiger partial charge >= 0.3 is 11.9 Å². The fraction of sp³-hybridized carbons (Fsp3) is 0.842. The van der Waals surface area contributed by atoms with Gasteiger partial charge in [0.25, 0.3) is 0 Å². The quantitative estimate of drug-likeness (QED) is 0.692. The molecule has 0 bridgehead atoms. The van der Waals surface area contributed by atoms with Crippen molar-refractivity contribution >= 4 is 17.7 Å². The van der Waals surface area contributed by atoms with E-state index >= 15 is 0 Å². The summed E-state index contributed by atoms with van der Waals surface area (Å²) in [6, 6.07) is 0. The topological polar surface area (TPSA) is 69.7 Å². The number of rotatable bonds is 3. The molecule has 0 atom stereocenters. The van der Waals surface area contributed by atoms with Crippen molar-refractivity contribution in [2.45, 2.75) is 93.1 Å². The fourth-order valence-corrected chi connectivity index (χ4v) is 1.27. The molecule has 5 heteroatoms. The van der Waals surface area contributed by atoms with Gasteiger partial charge in [-0.25, -0.2) is 0 Å². The molecule has 0 aliphatic heterocycles. The number of hydrogen-bond donors (Lipinski definition) is 0. The van der Waals surface area contributed by atoms with Crippen LogP contribution in [0.2, 0.25) is 0 Å². The normalized spacial score (nSPS) is 12.0. The Morgan fingerprint density at radius 3 is 1.42 bits per heavy atom. The molecule has 0 unspecified atom stereocenters. The molecule has 1 fully saturated rings. The minimum Gasteiger partial charge on any atom is -0.469 e. The van der Waals surface area contributed by atoms with Crippen LogP contribution in [0.1, 0.15) is 87.5 Å². The van der Waals surface area contributed by atoms with Gasteiger partial charge in [-0.2, -0.15) is 0 Å². The summed E-state index contributed by atoms with van der Waals surface area (Å²) in [5.74, 6) is 0.553. The van der Waals surface area contributed by atoms with Crippen molar-refractivity contribution in [1.29, 1.82) is 0 Å². The zero-order chi connectivity index (χ0) is 19.8. The minimum absolute atomic E-state index is 0.157. The maximum absolute atomic E-state index is 10.6. The van der Waals surface area contributed by atoms with Crippen molar-refractivity contribution in [3.8, 4) is 0 Å². The number of ketones is 1. The molecular formula is C19H38O5. The Bertz CT molecular complexity index is 332. The Hall–Kier alpha value is -1.39. The van der Waals surface area contributed by atoms with E-state index in [1.165, 1.54) is 20.5 Å². The molecule has 0 spiro atoms. The van der Waals surface area contributed by atoms with Crippen LogP contribution in [0.4, 0.5) is 0 Å². The number of ether oxygens (including phenoxy) is 2. The Kier molecular flexibility index (Phi) is 18.8. The van der Waals surface area contributed by atoms with Gasteiger partial charge in [-0.05, 0) is 33.6 Å². The minimum atomic E-state index is -0.328. The van der Waals surface area contributed by atoms with Gasteiger partial charge in [0.05, 0.1) is 7.11 Å². The van der Waals surface area contributed by atoms with Crippen molar-refractivity contribution in [3.05, 3.63) is 0 Å². The van der Waals surface area contributed by atoms with E-state index in [1.807, 2.05) is 27.7 Å². The second kappa shape index (κ2) is 16.5. The van der Waals surface area contributed by atoms with Gasteiger partial charge in [-0.15, -0.1) is 0 Å². The van der Waals surface area contributed by atoms with Gasteiger partial charge in [0, 0.05) is 25.7 Å². The van der Waals surface area contributed by atoms with Crippen molar-refractivity contribution in [2.24, 2.45) is 5.92 Å². The number of carbonyl (C=O) groups is 3. The summed E-state index contributed by atoms with van der Waals surface area (Å²) in [6.07, 6.45) is 4.78. The summed E-state index contributed by atoms with van der Waals surface area (Å²) < 4.78 is 9.06. The van der Waals surface area contributed by atoms with E-state index in [0.29, 0.717) is 18.1 Å². The van der Waals surface area contributed by atoms with E-state index in [2.05, 4.69) is 18.6 Å². The fourth-order valence-electron chi connectivity index (χ4n) is 1.27. The third-order valence-corrected chi connectivity index (χ3v) is 2.35. The summed E-state index contributed by atoms with van der Waals surface area (Å²) in [6.45, 7) is 14.9. The largest absolute Gasteiger partial charge is 0.469 e. The van der Waals surface area contributed by atoms with Crippen molar-refractivity contribution in [2.75, 3.05) is 7.11 Å². The SMILES string of the molecule is CC(=O)OC(C)(C)C.CCC.CCC(=O)C1CC1.CCC(=O)OC. The van der Waals surface area contributed by atoms with Gasteiger partial charge in [0.2, 0.25) is 0 Å². The molecular weight excluding hydrogens is 308 g/mol. The molecule has 1 aliphatic carbocycles. The van der Waals surface area contributed by atoms with E-state index in [4.69, 9.17) is 4.74 Å². The van der Waals surface area contributed by atoms with Gasteiger partial charge in [-0.3, -0.25) is 14.4 Å². The molecule has 24 heavy (non-hydrogen) atoms. The third-order valence-electron chi connectivity index (χ3n) is 2.35. The monoisotopic (exact) mass is 346 g/mol. The lowest BCUT2D eigenvalue weighted by molar-refractivity contribution is -0.152. The first-order valence-electron chi connectivity index (χ1n) is 8.77. The van der Waals surface area contributed by atoms with E-state index in [9.17, 15) is 14.4 Å². The Labute approximate surface area is 148 Å². The molecule has 0 aromatic carbocycles. The summed E-state index contributed by atoms with van der Waals surface area (Å²) >= 11 is 0.